The maximum atomic E-state index is 5.71. The first kappa shape index (κ1) is 8.48. The van der Waals surface area contributed by atoms with Crippen molar-refractivity contribution in [2.75, 3.05) is 19.8 Å². The molecule has 1 spiro atoms. The Morgan fingerprint density at radius 3 is 2.75 bits per heavy atom. The van der Waals surface area contributed by atoms with Crippen molar-refractivity contribution in [1.82, 2.24) is 5.32 Å². The lowest BCUT2D eigenvalue weighted by Gasteiger charge is -2.36. The van der Waals surface area contributed by atoms with E-state index in [0.29, 0.717) is 6.10 Å². The van der Waals surface area contributed by atoms with Gasteiger partial charge < -0.3 is 14.8 Å². The highest BCUT2D eigenvalue weighted by Crippen LogP contribution is 2.31. The van der Waals surface area contributed by atoms with Crippen LogP contribution in [-0.2, 0) is 9.47 Å². The fourth-order valence-electron chi connectivity index (χ4n) is 2.28. The van der Waals surface area contributed by atoms with Gasteiger partial charge in [0.15, 0.2) is 0 Å². The minimum atomic E-state index is 0.109. The number of morpholine rings is 1. The first-order chi connectivity index (χ1) is 5.73. The topological polar surface area (TPSA) is 30.5 Å². The van der Waals surface area contributed by atoms with Gasteiger partial charge in [-0.1, -0.05) is 0 Å². The Kier molecular flexibility index (Phi) is 2.10. The largest absolute Gasteiger partial charge is 0.378 e. The number of rotatable bonds is 0. The first-order valence-corrected chi connectivity index (χ1v) is 4.71. The Labute approximate surface area is 73.4 Å². The first-order valence-electron chi connectivity index (χ1n) is 4.71. The van der Waals surface area contributed by atoms with Gasteiger partial charge in [0.05, 0.1) is 31.0 Å². The molecule has 2 heterocycles. The SMILES string of the molecule is CC1CC2(COCCN2)C(C)O1. The van der Waals surface area contributed by atoms with Gasteiger partial charge in [-0.25, -0.2) is 0 Å². The summed E-state index contributed by atoms with van der Waals surface area (Å²) in [5, 5.41) is 3.52. The van der Waals surface area contributed by atoms with E-state index in [1.54, 1.807) is 0 Å². The monoisotopic (exact) mass is 171 g/mol. The summed E-state index contributed by atoms with van der Waals surface area (Å²) in [5.41, 5.74) is 0.109. The number of nitrogens with one attached hydrogen (secondary N) is 1. The Morgan fingerprint density at radius 1 is 1.42 bits per heavy atom. The van der Waals surface area contributed by atoms with Crippen LogP contribution in [0, 0.1) is 0 Å². The lowest BCUT2D eigenvalue weighted by Crippen LogP contribution is -2.58. The van der Waals surface area contributed by atoms with Crippen LogP contribution in [0.15, 0.2) is 0 Å². The average Bonchev–Trinajstić information content (AvgIpc) is 2.29. The zero-order chi connectivity index (χ0) is 8.60. The van der Waals surface area contributed by atoms with Gasteiger partial charge in [0.25, 0.3) is 0 Å². The molecule has 3 unspecified atom stereocenters. The van der Waals surface area contributed by atoms with Gasteiger partial charge >= 0.3 is 0 Å². The highest BCUT2D eigenvalue weighted by Gasteiger charge is 2.45. The third-order valence-electron chi connectivity index (χ3n) is 2.95. The van der Waals surface area contributed by atoms with Crippen LogP contribution in [0.5, 0.6) is 0 Å². The van der Waals surface area contributed by atoms with Crippen molar-refractivity contribution in [1.29, 1.82) is 0 Å². The fraction of sp³-hybridized carbons (Fsp3) is 1.00. The van der Waals surface area contributed by atoms with Crippen molar-refractivity contribution >= 4 is 0 Å². The lowest BCUT2D eigenvalue weighted by atomic mass is 9.90. The van der Waals surface area contributed by atoms with Gasteiger partial charge in [-0.3, -0.25) is 0 Å². The molecule has 3 nitrogen and oxygen atoms in total. The molecule has 0 aromatic carbocycles. The minimum Gasteiger partial charge on any atom is -0.378 e. The van der Waals surface area contributed by atoms with Gasteiger partial charge in [-0.05, 0) is 20.3 Å². The van der Waals surface area contributed by atoms with Crippen molar-refractivity contribution in [3.63, 3.8) is 0 Å². The number of hydrogen-bond acceptors (Lipinski definition) is 3. The van der Waals surface area contributed by atoms with E-state index in [2.05, 4.69) is 19.2 Å². The van der Waals surface area contributed by atoms with Gasteiger partial charge in [0.1, 0.15) is 0 Å². The van der Waals surface area contributed by atoms with E-state index in [9.17, 15) is 0 Å². The standard InChI is InChI=1S/C9H17NO2/c1-7-5-9(8(2)12-7)6-11-4-3-10-9/h7-8,10H,3-6H2,1-2H3. The smallest absolute Gasteiger partial charge is 0.0755 e. The van der Waals surface area contributed by atoms with E-state index in [0.717, 1.165) is 26.2 Å². The summed E-state index contributed by atoms with van der Waals surface area (Å²) in [6.07, 6.45) is 1.73. The van der Waals surface area contributed by atoms with Gasteiger partial charge in [-0.15, -0.1) is 0 Å². The lowest BCUT2D eigenvalue weighted by molar-refractivity contribution is -0.0174. The molecular formula is C9H17NO2. The Bertz CT molecular complexity index is 166. The Balaban J connectivity index is 2.08. The molecule has 0 bridgehead atoms. The summed E-state index contributed by atoms with van der Waals surface area (Å²) in [4.78, 5) is 0. The van der Waals surface area contributed by atoms with Crippen LogP contribution in [0.4, 0.5) is 0 Å². The maximum Gasteiger partial charge on any atom is 0.0755 e. The predicted molar refractivity (Wildman–Crippen MR) is 46.2 cm³/mol. The molecule has 1 N–H and O–H groups in total. The molecule has 2 aliphatic rings. The van der Waals surface area contributed by atoms with Crippen molar-refractivity contribution in [3.05, 3.63) is 0 Å². The third kappa shape index (κ3) is 1.26. The zero-order valence-corrected chi connectivity index (χ0v) is 7.80. The van der Waals surface area contributed by atoms with Gasteiger partial charge in [-0.2, -0.15) is 0 Å². The molecule has 2 saturated heterocycles. The van der Waals surface area contributed by atoms with Crippen LogP contribution in [-0.4, -0.2) is 37.5 Å². The van der Waals surface area contributed by atoms with Gasteiger partial charge in [0, 0.05) is 6.54 Å². The maximum absolute atomic E-state index is 5.71. The molecule has 2 fully saturated rings. The predicted octanol–water partition coefficient (Wildman–Crippen LogP) is 0.542. The van der Waals surface area contributed by atoms with E-state index in [1.165, 1.54) is 0 Å². The zero-order valence-electron chi connectivity index (χ0n) is 7.80. The van der Waals surface area contributed by atoms with E-state index in [4.69, 9.17) is 9.47 Å². The molecule has 2 rings (SSSR count). The van der Waals surface area contributed by atoms with Crippen molar-refractivity contribution in [2.24, 2.45) is 0 Å². The molecule has 0 aliphatic carbocycles. The summed E-state index contributed by atoms with van der Waals surface area (Å²) < 4.78 is 11.2. The second-order valence-electron chi connectivity index (χ2n) is 3.93. The third-order valence-corrected chi connectivity index (χ3v) is 2.95. The minimum absolute atomic E-state index is 0.109. The van der Waals surface area contributed by atoms with Crippen LogP contribution in [0.3, 0.4) is 0 Å². The molecule has 3 atom stereocenters. The molecule has 0 saturated carbocycles. The Morgan fingerprint density at radius 2 is 2.25 bits per heavy atom. The number of hydrogen-bond donors (Lipinski definition) is 1. The van der Waals surface area contributed by atoms with Crippen LogP contribution in [0.1, 0.15) is 20.3 Å². The normalized spacial score (nSPS) is 48.5. The summed E-state index contributed by atoms with van der Waals surface area (Å²) in [6, 6.07) is 0. The van der Waals surface area contributed by atoms with Crippen LogP contribution < -0.4 is 5.32 Å². The summed E-state index contributed by atoms with van der Waals surface area (Å²) >= 11 is 0. The molecule has 0 amide bonds. The molecule has 70 valence electrons. The van der Waals surface area contributed by atoms with Gasteiger partial charge in [0.2, 0.25) is 0 Å². The molecule has 0 aromatic heterocycles. The van der Waals surface area contributed by atoms with Crippen LogP contribution in [0.25, 0.3) is 0 Å². The molecular weight excluding hydrogens is 154 g/mol. The molecule has 0 aromatic rings. The summed E-state index contributed by atoms with van der Waals surface area (Å²) in [5.74, 6) is 0. The highest BCUT2D eigenvalue weighted by atomic mass is 16.5. The van der Waals surface area contributed by atoms with Crippen LogP contribution >= 0.6 is 0 Å². The highest BCUT2D eigenvalue weighted by molar-refractivity contribution is 5.01. The van der Waals surface area contributed by atoms with Crippen molar-refractivity contribution in [2.45, 2.75) is 38.0 Å². The van der Waals surface area contributed by atoms with E-state index in [-0.39, 0.29) is 11.6 Å². The van der Waals surface area contributed by atoms with E-state index >= 15 is 0 Å². The summed E-state index contributed by atoms with van der Waals surface area (Å²) in [7, 11) is 0. The molecule has 12 heavy (non-hydrogen) atoms. The van der Waals surface area contributed by atoms with Crippen molar-refractivity contribution in [3.8, 4) is 0 Å². The van der Waals surface area contributed by atoms with Crippen molar-refractivity contribution < 1.29 is 9.47 Å². The molecule has 0 radical (unpaired) electrons. The van der Waals surface area contributed by atoms with E-state index < -0.39 is 0 Å². The second kappa shape index (κ2) is 2.98. The average molecular weight is 171 g/mol. The van der Waals surface area contributed by atoms with E-state index in [1.807, 2.05) is 0 Å². The number of ether oxygens (including phenoxy) is 2. The summed E-state index contributed by atoms with van der Waals surface area (Å²) in [6.45, 7) is 6.86. The second-order valence-corrected chi connectivity index (χ2v) is 3.93. The quantitative estimate of drug-likeness (QED) is 0.577. The Hall–Kier alpha value is -0.120. The van der Waals surface area contributed by atoms with Crippen LogP contribution in [0.2, 0.25) is 0 Å². The fourth-order valence-corrected chi connectivity index (χ4v) is 2.28. The molecule has 3 heteroatoms. The molecule has 2 aliphatic heterocycles.